The lowest BCUT2D eigenvalue weighted by atomic mass is 10.00. The van der Waals surface area contributed by atoms with Crippen LogP contribution in [-0.2, 0) is 29.5 Å². The average Bonchev–Trinajstić information content (AvgIpc) is 2.86. The molecule has 0 fully saturated rings. The van der Waals surface area contributed by atoms with Crippen LogP contribution in [-0.4, -0.2) is 45.1 Å². The second-order valence-corrected chi connectivity index (χ2v) is 11.6. The molecule has 0 unspecified atom stereocenters. The van der Waals surface area contributed by atoms with Crippen molar-refractivity contribution in [3.63, 3.8) is 0 Å². The average molecular weight is 506 g/mol. The number of hydrogen-bond acceptors (Lipinski definition) is 4. The highest BCUT2D eigenvalue weighted by atomic mass is 32.2. The molecule has 4 rings (SSSR count). The second-order valence-electron chi connectivity index (χ2n) is 9.66. The van der Waals surface area contributed by atoms with Crippen LogP contribution in [0.2, 0.25) is 0 Å². The summed E-state index contributed by atoms with van der Waals surface area (Å²) in [6.07, 6.45) is 3.19. The first-order valence-electron chi connectivity index (χ1n) is 12.4. The Bertz CT molecular complexity index is 1320. The molecule has 0 bridgehead atoms. The molecule has 1 aliphatic heterocycles. The highest BCUT2D eigenvalue weighted by Gasteiger charge is 2.20. The molecule has 1 heterocycles. The third-order valence-corrected chi connectivity index (χ3v) is 7.85. The van der Waals surface area contributed by atoms with Crippen molar-refractivity contribution in [2.45, 2.75) is 39.8 Å². The summed E-state index contributed by atoms with van der Waals surface area (Å²) in [5, 5.41) is 3.01. The topological polar surface area (TPSA) is 69.7 Å². The number of carbonyl (C=O) groups is 1. The Labute approximate surface area is 215 Å². The van der Waals surface area contributed by atoms with Crippen molar-refractivity contribution in [2.24, 2.45) is 0 Å². The zero-order valence-electron chi connectivity index (χ0n) is 21.3. The van der Waals surface area contributed by atoms with Gasteiger partial charge in [-0.2, -0.15) is 0 Å². The molecule has 3 aromatic carbocycles. The van der Waals surface area contributed by atoms with Gasteiger partial charge in [0.05, 0.1) is 18.5 Å². The van der Waals surface area contributed by atoms with Crippen LogP contribution in [0.5, 0.6) is 0 Å². The number of rotatable bonds is 9. The van der Waals surface area contributed by atoms with Gasteiger partial charge in [0.15, 0.2) is 0 Å². The van der Waals surface area contributed by atoms with Gasteiger partial charge in [-0.1, -0.05) is 48.5 Å². The smallest absolute Gasteiger partial charge is 0.251 e. The maximum atomic E-state index is 12.6. The van der Waals surface area contributed by atoms with Gasteiger partial charge in [-0.05, 0) is 72.7 Å². The van der Waals surface area contributed by atoms with Crippen molar-refractivity contribution >= 4 is 21.6 Å². The molecule has 0 spiro atoms. The van der Waals surface area contributed by atoms with Crippen LogP contribution in [0.1, 0.15) is 44.6 Å². The molecule has 3 aromatic rings. The van der Waals surface area contributed by atoms with E-state index in [1.807, 2.05) is 44.2 Å². The van der Waals surface area contributed by atoms with Crippen LogP contribution in [0, 0.1) is 13.8 Å². The summed E-state index contributed by atoms with van der Waals surface area (Å²) in [5.41, 5.74) is 6.82. The number of fused-ring (bicyclic) bond motifs is 1. The van der Waals surface area contributed by atoms with Gasteiger partial charge in [0, 0.05) is 31.7 Å². The molecule has 6 nitrogen and oxygen atoms in total. The first-order valence-corrected chi connectivity index (χ1v) is 14.3. The predicted octanol–water partition coefficient (Wildman–Crippen LogP) is 4.45. The first kappa shape index (κ1) is 25.9. The van der Waals surface area contributed by atoms with Crippen molar-refractivity contribution in [1.82, 2.24) is 10.2 Å². The maximum absolute atomic E-state index is 12.6. The summed E-state index contributed by atoms with van der Waals surface area (Å²) in [4.78, 5) is 15.1. The van der Waals surface area contributed by atoms with E-state index >= 15 is 0 Å². The summed E-state index contributed by atoms with van der Waals surface area (Å²) in [6.45, 7) is 7.66. The number of nitrogens with zero attached hydrogens (tertiary/aromatic N) is 2. The van der Waals surface area contributed by atoms with Crippen LogP contribution in [0.25, 0.3) is 0 Å². The van der Waals surface area contributed by atoms with E-state index in [4.69, 9.17) is 0 Å². The van der Waals surface area contributed by atoms with E-state index in [1.54, 1.807) is 12.1 Å². The van der Waals surface area contributed by atoms with Crippen LogP contribution >= 0.6 is 0 Å². The Balaban J connectivity index is 1.30. The molecule has 0 saturated carbocycles. The number of aryl methyl sites for hydroxylation is 2. The van der Waals surface area contributed by atoms with E-state index in [-0.39, 0.29) is 12.5 Å². The number of nitrogens with one attached hydrogen (secondary N) is 1. The molecule has 1 aliphatic rings. The lowest BCUT2D eigenvalue weighted by Crippen LogP contribution is -2.33. The molecule has 190 valence electrons. The molecular weight excluding hydrogens is 470 g/mol. The fourth-order valence-corrected chi connectivity index (χ4v) is 5.59. The molecule has 7 heteroatoms. The highest BCUT2D eigenvalue weighted by Crippen LogP contribution is 2.26. The second kappa shape index (κ2) is 11.3. The van der Waals surface area contributed by atoms with Crippen LogP contribution < -0.4 is 9.62 Å². The summed E-state index contributed by atoms with van der Waals surface area (Å²) in [6, 6.07) is 21.6. The standard InChI is InChI=1S/C29H35N3O3S/c1-22-9-10-23(2)28(19-22)32(36(3,34)35)20-24-11-13-26(14-12-24)29(33)30-16-6-17-31-18-15-25-7-4-5-8-27(25)21-31/h4-5,7-14,19H,6,15-18,20-21H2,1-3H3,(H,30,33). The number of sulfonamides is 1. The van der Waals surface area contributed by atoms with Crippen molar-refractivity contribution < 1.29 is 13.2 Å². The summed E-state index contributed by atoms with van der Waals surface area (Å²) >= 11 is 0. The van der Waals surface area contributed by atoms with Crippen molar-refractivity contribution in [2.75, 3.05) is 30.2 Å². The maximum Gasteiger partial charge on any atom is 0.251 e. The predicted molar refractivity (Wildman–Crippen MR) is 146 cm³/mol. The van der Waals surface area contributed by atoms with E-state index in [0.29, 0.717) is 17.8 Å². The molecule has 0 atom stereocenters. The number of carbonyl (C=O) groups excluding carboxylic acids is 1. The summed E-state index contributed by atoms with van der Waals surface area (Å²) < 4.78 is 26.5. The van der Waals surface area contributed by atoms with E-state index in [9.17, 15) is 13.2 Å². The summed E-state index contributed by atoms with van der Waals surface area (Å²) in [7, 11) is -3.47. The van der Waals surface area contributed by atoms with Crippen molar-refractivity contribution in [3.05, 3.63) is 100 Å². The Hall–Kier alpha value is -3.16. The highest BCUT2D eigenvalue weighted by molar-refractivity contribution is 7.92. The largest absolute Gasteiger partial charge is 0.352 e. The minimum atomic E-state index is -3.47. The molecule has 0 aromatic heterocycles. The Morgan fingerprint density at radius 2 is 1.72 bits per heavy atom. The van der Waals surface area contributed by atoms with Gasteiger partial charge in [0.1, 0.15) is 0 Å². The van der Waals surface area contributed by atoms with E-state index in [1.165, 1.54) is 21.7 Å². The van der Waals surface area contributed by atoms with Gasteiger partial charge in [-0.25, -0.2) is 8.42 Å². The van der Waals surface area contributed by atoms with Gasteiger partial charge in [-0.15, -0.1) is 0 Å². The van der Waals surface area contributed by atoms with E-state index in [0.717, 1.165) is 49.2 Å². The quantitative estimate of drug-likeness (QED) is 0.437. The van der Waals surface area contributed by atoms with Crippen LogP contribution in [0.3, 0.4) is 0 Å². The number of anilines is 1. The van der Waals surface area contributed by atoms with Gasteiger partial charge in [0.25, 0.3) is 5.91 Å². The molecule has 1 amide bonds. The fraction of sp³-hybridized carbons (Fsp3) is 0.345. The van der Waals surface area contributed by atoms with Gasteiger partial charge in [-0.3, -0.25) is 14.0 Å². The number of benzene rings is 3. The van der Waals surface area contributed by atoms with Gasteiger partial charge < -0.3 is 5.32 Å². The normalized spacial score (nSPS) is 13.8. The van der Waals surface area contributed by atoms with Crippen molar-refractivity contribution in [3.8, 4) is 0 Å². The third kappa shape index (κ3) is 6.53. The Morgan fingerprint density at radius 1 is 1.00 bits per heavy atom. The zero-order valence-corrected chi connectivity index (χ0v) is 22.1. The molecule has 0 saturated heterocycles. The minimum absolute atomic E-state index is 0.111. The van der Waals surface area contributed by atoms with Gasteiger partial charge >= 0.3 is 0 Å². The molecular formula is C29H35N3O3S. The number of hydrogen-bond donors (Lipinski definition) is 1. The first-order chi connectivity index (χ1) is 17.2. The minimum Gasteiger partial charge on any atom is -0.352 e. The third-order valence-electron chi connectivity index (χ3n) is 6.72. The molecule has 0 aliphatic carbocycles. The van der Waals surface area contributed by atoms with Crippen LogP contribution in [0.4, 0.5) is 5.69 Å². The SMILES string of the molecule is Cc1ccc(C)c(N(Cc2ccc(C(=O)NCCCN3CCc4ccccc4C3)cc2)S(C)(=O)=O)c1. The molecule has 36 heavy (non-hydrogen) atoms. The van der Waals surface area contributed by atoms with Crippen LogP contribution in [0.15, 0.2) is 66.7 Å². The summed E-state index contributed by atoms with van der Waals surface area (Å²) in [5.74, 6) is -0.111. The lowest BCUT2D eigenvalue weighted by Gasteiger charge is -2.28. The Kier molecular flexibility index (Phi) is 8.11. The molecule has 0 radical (unpaired) electrons. The van der Waals surface area contributed by atoms with Gasteiger partial charge in [0.2, 0.25) is 10.0 Å². The lowest BCUT2D eigenvalue weighted by molar-refractivity contribution is 0.0951. The molecule has 1 N–H and O–H groups in total. The van der Waals surface area contributed by atoms with E-state index in [2.05, 4.69) is 34.5 Å². The van der Waals surface area contributed by atoms with Crippen molar-refractivity contribution in [1.29, 1.82) is 0 Å². The Morgan fingerprint density at radius 3 is 2.44 bits per heavy atom. The fourth-order valence-electron chi connectivity index (χ4n) is 4.65. The zero-order chi connectivity index (χ0) is 25.7. The monoisotopic (exact) mass is 505 g/mol. The van der Waals surface area contributed by atoms with E-state index < -0.39 is 10.0 Å². The number of amides is 1.